The average Bonchev–Trinajstić information content (AvgIpc) is 1.83. The molecule has 1 radical (unpaired) electrons. The van der Waals surface area contributed by atoms with E-state index in [4.69, 9.17) is 0 Å². The molecule has 0 aromatic rings. The zero-order chi connectivity index (χ0) is 6.41. The van der Waals surface area contributed by atoms with Crippen molar-refractivity contribution < 1.29 is 9.90 Å². The lowest BCUT2D eigenvalue weighted by Gasteiger charge is -1.93. The summed E-state index contributed by atoms with van der Waals surface area (Å²) < 4.78 is 0. The molecule has 0 spiro atoms. The van der Waals surface area contributed by atoms with Gasteiger partial charge >= 0.3 is 0 Å². The Morgan fingerprint density at radius 3 is 2.62 bits per heavy atom. The van der Waals surface area contributed by atoms with E-state index in [1.54, 1.807) is 7.05 Å². The number of rotatable bonds is 3. The fourth-order valence-electron chi connectivity index (χ4n) is 0.358. The highest BCUT2D eigenvalue weighted by molar-refractivity contribution is 5.75. The first-order chi connectivity index (χ1) is 3.81. The van der Waals surface area contributed by atoms with Gasteiger partial charge in [0.1, 0.15) is 0 Å². The van der Waals surface area contributed by atoms with Gasteiger partial charge in [0.2, 0.25) is 5.91 Å². The summed E-state index contributed by atoms with van der Waals surface area (Å²) in [7, 11) is 1.56. The van der Waals surface area contributed by atoms with Crippen LogP contribution >= 0.6 is 0 Å². The minimum atomic E-state index is -0.159. The summed E-state index contributed by atoms with van der Waals surface area (Å²) in [5.74, 6) is -0.0548. The Labute approximate surface area is 48.7 Å². The summed E-state index contributed by atoms with van der Waals surface area (Å²) in [4.78, 5) is 10.3. The van der Waals surface area contributed by atoms with Crippen molar-refractivity contribution in [3.63, 3.8) is 0 Å². The van der Waals surface area contributed by atoms with Crippen molar-refractivity contribution in [2.45, 2.75) is 12.8 Å². The van der Waals surface area contributed by atoms with Crippen LogP contribution in [0.2, 0.25) is 0 Å². The zero-order valence-electron chi connectivity index (χ0n) is 4.94. The molecule has 0 saturated carbocycles. The van der Waals surface area contributed by atoms with E-state index in [1.807, 2.05) is 0 Å². The molecule has 0 atom stereocenters. The predicted octanol–water partition coefficient (Wildman–Crippen LogP) is -0.0569. The van der Waals surface area contributed by atoms with Crippen LogP contribution in [0.25, 0.3) is 0 Å². The van der Waals surface area contributed by atoms with Gasteiger partial charge in [-0.25, -0.2) is 5.11 Å². The fourth-order valence-corrected chi connectivity index (χ4v) is 0.358. The monoisotopic (exact) mass is 116 g/mol. The molecule has 8 heavy (non-hydrogen) atoms. The van der Waals surface area contributed by atoms with Gasteiger partial charge in [-0.1, -0.05) is 0 Å². The molecule has 0 aliphatic carbocycles. The average molecular weight is 116 g/mol. The first kappa shape index (κ1) is 7.43. The quantitative estimate of drug-likeness (QED) is 0.552. The molecule has 0 aromatic carbocycles. The maximum atomic E-state index is 10.3. The summed E-state index contributed by atoms with van der Waals surface area (Å²) in [5, 5.41) is 12.2. The van der Waals surface area contributed by atoms with Gasteiger partial charge in [0, 0.05) is 13.5 Å². The first-order valence-corrected chi connectivity index (χ1v) is 2.60. The van der Waals surface area contributed by atoms with Crippen molar-refractivity contribution in [3.05, 3.63) is 0 Å². The lowest BCUT2D eigenvalue weighted by molar-refractivity contribution is -0.120. The van der Waals surface area contributed by atoms with Gasteiger partial charge in [0.05, 0.1) is 6.61 Å². The Bertz CT molecular complexity index is 72.8. The number of hydrogen-bond donors (Lipinski definition) is 1. The van der Waals surface area contributed by atoms with E-state index in [0.717, 1.165) is 0 Å². The summed E-state index contributed by atoms with van der Waals surface area (Å²) in [6.45, 7) is -0.159. The lowest BCUT2D eigenvalue weighted by Crippen LogP contribution is -2.17. The van der Waals surface area contributed by atoms with Crippen LogP contribution in [0.5, 0.6) is 0 Å². The van der Waals surface area contributed by atoms with Gasteiger partial charge in [-0.05, 0) is 6.42 Å². The van der Waals surface area contributed by atoms with Crippen LogP contribution in [0.4, 0.5) is 0 Å². The highest BCUT2D eigenvalue weighted by atomic mass is 16.3. The van der Waals surface area contributed by atoms with Crippen molar-refractivity contribution in [3.8, 4) is 0 Å². The SMILES string of the molecule is CNC(=O)CCC[O]. The van der Waals surface area contributed by atoms with E-state index in [0.29, 0.717) is 12.8 Å². The normalized spacial score (nSPS) is 8.75. The van der Waals surface area contributed by atoms with Crippen molar-refractivity contribution >= 4 is 5.91 Å². The van der Waals surface area contributed by atoms with E-state index in [-0.39, 0.29) is 12.5 Å². The molecular formula is C5H10NO2. The van der Waals surface area contributed by atoms with Crippen LogP contribution in [0.3, 0.4) is 0 Å². The summed E-state index contributed by atoms with van der Waals surface area (Å²) in [6, 6.07) is 0. The van der Waals surface area contributed by atoms with Crippen LogP contribution in [-0.2, 0) is 9.90 Å². The van der Waals surface area contributed by atoms with Crippen LogP contribution in [0.1, 0.15) is 12.8 Å². The Balaban J connectivity index is 2.99. The molecule has 0 bridgehead atoms. The van der Waals surface area contributed by atoms with Crippen molar-refractivity contribution in [2.75, 3.05) is 13.7 Å². The van der Waals surface area contributed by atoms with Crippen molar-refractivity contribution in [2.24, 2.45) is 0 Å². The van der Waals surface area contributed by atoms with E-state index in [1.165, 1.54) is 0 Å². The molecule has 0 saturated heterocycles. The second-order valence-electron chi connectivity index (χ2n) is 1.48. The van der Waals surface area contributed by atoms with Gasteiger partial charge in [0.15, 0.2) is 0 Å². The molecule has 0 unspecified atom stereocenters. The second-order valence-corrected chi connectivity index (χ2v) is 1.48. The Morgan fingerprint density at radius 1 is 1.62 bits per heavy atom. The third-order valence-electron chi connectivity index (χ3n) is 0.827. The summed E-state index contributed by atoms with van der Waals surface area (Å²) >= 11 is 0. The highest BCUT2D eigenvalue weighted by Gasteiger charge is 1.93. The molecule has 3 nitrogen and oxygen atoms in total. The molecular weight excluding hydrogens is 106 g/mol. The number of amides is 1. The van der Waals surface area contributed by atoms with Crippen molar-refractivity contribution in [1.82, 2.24) is 5.32 Å². The third-order valence-corrected chi connectivity index (χ3v) is 0.827. The topological polar surface area (TPSA) is 49.0 Å². The second kappa shape index (κ2) is 4.59. The molecule has 1 N–H and O–H groups in total. The Morgan fingerprint density at radius 2 is 2.25 bits per heavy atom. The van der Waals surface area contributed by atoms with Gasteiger partial charge in [-0.3, -0.25) is 4.79 Å². The van der Waals surface area contributed by atoms with Gasteiger partial charge in [-0.15, -0.1) is 0 Å². The molecule has 47 valence electrons. The standard InChI is InChI=1S/C5H10NO2/c1-6-5(8)3-2-4-7/h2-4H2,1H3,(H,6,8). The molecule has 0 aliphatic rings. The van der Waals surface area contributed by atoms with Crippen LogP contribution in [-0.4, -0.2) is 19.6 Å². The third kappa shape index (κ3) is 3.61. The van der Waals surface area contributed by atoms with Crippen LogP contribution in [0, 0.1) is 0 Å². The fraction of sp³-hybridized carbons (Fsp3) is 0.800. The predicted molar refractivity (Wildman–Crippen MR) is 28.9 cm³/mol. The smallest absolute Gasteiger partial charge is 0.219 e. The molecule has 0 fully saturated rings. The Hall–Kier alpha value is -0.570. The highest BCUT2D eigenvalue weighted by Crippen LogP contribution is 1.84. The van der Waals surface area contributed by atoms with E-state index in [2.05, 4.69) is 5.32 Å². The van der Waals surface area contributed by atoms with Gasteiger partial charge < -0.3 is 5.32 Å². The van der Waals surface area contributed by atoms with E-state index >= 15 is 0 Å². The van der Waals surface area contributed by atoms with Gasteiger partial charge in [-0.2, -0.15) is 0 Å². The first-order valence-electron chi connectivity index (χ1n) is 2.60. The van der Waals surface area contributed by atoms with Crippen molar-refractivity contribution in [1.29, 1.82) is 0 Å². The molecule has 0 aliphatic heterocycles. The number of hydrogen-bond acceptors (Lipinski definition) is 1. The molecule has 0 aromatic heterocycles. The zero-order valence-corrected chi connectivity index (χ0v) is 4.94. The van der Waals surface area contributed by atoms with Crippen LogP contribution in [0.15, 0.2) is 0 Å². The lowest BCUT2D eigenvalue weighted by atomic mass is 10.3. The minimum Gasteiger partial charge on any atom is -0.359 e. The maximum Gasteiger partial charge on any atom is 0.219 e. The Kier molecular flexibility index (Phi) is 4.26. The molecule has 0 rings (SSSR count). The number of carbonyl (C=O) groups is 1. The number of carbonyl (C=O) groups excluding carboxylic acids is 1. The van der Waals surface area contributed by atoms with Crippen LogP contribution < -0.4 is 5.32 Å². The van der Waals surface area contributed by atoms with E-state index in [9.17, 15) is 9.90 Å². The van der Waals surface area contributed by atoms with Gasteiger partial charge in [0.25, 0.3) is 0 Å². The summed E-state index contributed by atoms with van der Waals surface area (Å²) in [5.41, 5.74) is 0. The van der Waals surface area contributed by atoms with E-state index < -0.39 is 0 Å². The largest absolute Gasteiger partial charge is 0.359 e. The number of nitrogens with one attached hydrogen (secondary N) is 1. The molecule has 0 heterocycles. The minimum absolute atomic E-state index is 0.0548. The molecule has 3 heteroatoms. The molecule has 1 amide bonds. The maximum absolute atomic E-state index is 10.3. The summed E-state index contributed by atoms with van der Waals surface area (Å²) in [6.07, 6.45) is 0.805.